The highest BCUT2D eigenvalue weighted by Gasteiger charge is 2.27. The summed E-state index contributed by atoms with van der Waals surface area (Å²) in [5.41, 5.74) is 6.87. The molecule has 0 spiro atoms. The fourth-order valence-electron chi connectivity index (χ4n) is 2.27. The molecular formula is C12H18BrN3O2S. The Kier molecular flexibility index (Phi) is 4.20. The van der Waals surface area contributed by atoms with E-state index in [-0.39, 0.29) is 10.9 Å². The van der Waals surface area contributed by atoms with Gasteiger partial charge in [-0.15, -0.1) is 0 Å². The van der Waals surface area contributed by atoms with E-state index in [1.54, 1.807) is 19.1 Å². The molecule has 1 aromatic rings. The van der Waals surface area contributed by atoms with Gasteiger partial charge in [-0.2, -0.15) is 0 Å². The first-order chi connectivity index (χ1) is 8.79. The smallest absolute Gasteiger partial charge is 0.241 e. The van der Waals surface area contributed by atoms with Gasteiger partial charge in [-0.05, 0) is 44.6 Å². The van der Waals surface area contributed by atoms with Crippen LogP contribution in [0, 0.1) is 6.92 Å². The summed E-state index contributed by atoms with van der Waals surface area (Å²) in [5, 5.41) is 0. The summed E-state index contributed by atoms with van der Waals surface area (Å²) in [6.45, 7) is 3.37. The standard InChI is InChI=1S/C12H18BrN3O2S/c1-8-11(14)5-9(13)6-12(8)19(17,18)15-10-3-4-16(2)7-10/h5-6,10,15H,3-4,7,14H2,1-2H3. The Labute approximate surface area is 122 Å². The third-order valence-corrected chi connectivity index (χ3v) is 5.47. The molecule has 1 unspecified atom stereocenters. The Hall–Kier alpha value is -0.630. The first kappa shape index (κ1) is 14.8. The summed E-state index contributed by atoms with van der Waals surface area (Å²) >= 11 is 3.28. The monoisotopic (exact) mass is 347 g/mol. The van der Waals surface area contributed by atoms with Crippen LogP contribution in [-0.4, -0.2) is 39.5 Å². The van der Waals surface area contributed by atoms with Crippen LogP contribution in [0.1, 0.15) is 12.0 Å². The van der Waals surface area contributed by atoms with Crippen molar-refractivity contribution in [2.75, 3.05) is 25.9 Å². The molecule has 7 heteroatoms. The fraction of sp³-hybridized carbons (Fsp3) is 0.500. The molecule has 0 radical (unpaired) electrons. The molecule has 0 saturated carbocycles. The Morgan fingerprint density at radius 2 is 2.16 bits per heavy atom. The van der Waals surface area contributed by atoms with Crippen LogP contribution in [0.5, 0.6) is 0 Å². The highest BCUT2D eigenvalue weighted by molar-refractivity contribution is 9.10. The molecule has 2 rings (SSSR count). The van der Waals surface area contributed by atoms with E-state index in [0.717, 1.165) is 19.5 Å². The summed E-state index contributed by atoms with van der Waals surface area (Å²) < 4.78 is 28.2. The zero-order chi connectivity index (χ0) is 14.2. The van der Waals surface area contributed by atoms with Gasteiger partial charge in [0, 0.05) is 22.7 Å². The van der Waals surface area contributed by atoms with E-state index in [4.69, 9.17) is 5.73 Å². The van der Waals surface area contributed by atoms with E-state index in [0.29, 0.717) is 15.7 Å². The predicted molar refractivity (Wildman–Crippen MR) is 79.5 cm³/mol. The summed E-state index contributed by atoms with van der Waals surface area (Å²) in [4.78, 5) is 2.35. The number of nitrogens with one attached hydrogen (secondary N) is 1. The van der Waals surface area contributed by atoms with E-state index in [9.17, 15) is 8.42 Å². The molecule has 0 bridgehead atoms. The summed E-state index contributed by atoms with van der Waals surface area (Å²) in [7, 11) is -1.55. The number of sulfonamides is 1. The van der Waals surface area contributed by atoms with Crippen molar-refractivity contribution in [3.05, 3.63) is 22.2 Å². The lowest BCUT2D eigenvalue weighted by molar-refractivity contribution is 0.407. The molecule has 1 fully saturated rings. The molecular weight excluding hydrogens is 330 g/mol. The Morgan fingerprint density at radius 1 is 1.47 bits per heavy atom. The second-order valence-corrected chi connectivity index (χ2v) is 7.59. The van der Waals surface area contributed by atoms with E-state index in [1.807, 2.05) is 7.05 Å². The van der Waals surface area contributed by atoms with Gasteiger partial charge in [0.2, 0.25) is 10.0 Å². The van der Waals surface area contributed by atoms with Crippen LogP contribution in [0.3, 0.4) is 0 Å². The van der Waals surface area contributed by atoms with Crippen molar-refractivity contribution in [3.63, 3.8) is 0 Å². The van der Waals surface area contributed by atoms with E-state index < -0.39 is 10.0 Å². The van der Waals surface area contributed by atoms with E-state index >= 15 is 0 Å². The number of anilines is 1. The van der Waals surface area contributed by atoms with E-state index in [1.165, 1.54) is 0 Å². The van der Waals surface area contributed by atoms with Crippen molar-refractivity contribution in [1.29, 1.82) is 0 Å². The lowest BCUT2D eigenvalue weighted by atomic mass is 10.2. The maximum absolute atomic E-state index is 12.4. The largest absolute Gasteiger partial charge is 0.398 e. The number of rotatable bonds is 3. The van der Waals surface area contributed by atoms with Gasteiger partial charge in [0.05, 0.1) is 4.90 Å². The van der Waals surface area contributed by atoms with Gasteiger partial charge in [0.25, 0.3) is 0 Å². The molecule has 0 aliphatic carbocycles. The van der Waals surface area contributed by atoms with Crippen molar-refractivity contribution >= 4 is 31.6 Å². The average molecular weight is 348 g/mol. The Morgan fingerprint density at radius 3 is 2.74 bits per heavy atom. The molecule has 19 heavy (non-hydrogen) atoms. The van der Waals surface area contributed by atoms with Gasteiger partial charge < -0.3 is 10.6 Å². The van der Waals surface area contributed by atoms with Crippen LogP contribution < -0.4 is 10.5 Å². The molecule has 1 aliphatic heterocycles. The van der Waals surface area contributed by atoms with Gasteiger partial charge in [-0.1, -0.05) is 15.9 Å². The Balaban J connectivity index is 2.29. The number of halogens is 1. The van der Waals surface area contributed by atoms with Crippen molar-refractivity contribution in [1.82, 2.24) is 9.62 Å². The number of benzene rings is 1. The number of nitrogen functional groups attached to an aromatic ring is 1. The highest BCUT2D eigenvalue weighted by atomic mass is 79.9. The number of nitrogens with two attached hydrogens (primary N) is 1. The molecule has 1 aliphatic rings. The van der Waals surface area contributed by atoms with Crippen LogP contribution in [0.15, 0.2) is 21.5 Å². The van der Waals surface area contributed by atoms with Crippen LogP contribution in [0.25, 0.3) is 0 Å². The Bertz CT molecular complexity index is 589. The van der Waals surface area contributed by atoms with Crippen LogP contribution in [0.4, 0.5) is 5.69 Å². The topological polar surface area (TPSA) is 75.4 Å². The minimum absolute atomic E-state index is 0.0328. The lowest BCUT2D eigenvalue weighted by Crippen LogP contribution is -2.36. The quantitative estimate of drug-likeness (QED) is 0.808. The second-order valence-electron chi connectivity index (χ2n) is 4.99. The predicted octanol–water partition coefficient (Wildman–Crippen LogP) is 1.32. The molecule has 0 amide bonds. The molecule has 0 aromatic heterocycles. The van der Waals surface area contributed by atoms with Crippen molar-refractivity contribution in [3.8, 4) is 0 Å². The zero-order valence-electron chi connectivity index (χ0n) is 11.0. The highest BCUT2D eigenvalue weighted by Crippen LogP contribution is 2.26. The molecule has 3 N–H and O–H groups in total. The minimum Gasteiger partial charge on any atom is -0.398 e. The molecule has 5 nitrogen and oxygen atoms in total. The van der Waals surface area contributed by atoms with Gasteiger partial charge in [-0.3, -0.25) is 0 Å². The molecule has 1 heterocycles. The summed E-state index contributed by atoms with van der Waals surface area (Å²) in [6.07, 6.45) is 0.832. The molecule has 1 saturated heterocycles. The number of hydrogen-bond acceptors (Lipinski definition) is 4. The molecule has 1 aromatic carbocycles. The maximum atomic E-state index is 12.4. The van der Waals surface area contributed by atoms with E-state index in [2.05, 4.69) is 25.6 Å². The summed E-state index contributed by atoms with van der Waals surface area (Å²) in [5.74, 6) is 0. The third kappa shape index (κ3) is 3.28. The zero-order valence-corrected chi connectivity index (χ0v) is 13.4. The molecule has 1 atom stereocenters. The second kappa shape index (κ2) is 5.40. The SMILES string of the molecule is Cc1c(N)cc(Br)cc1S(=O)(=O)NC1CCN(C)C1. The lowest BCUT2D eigenvalue weighted by Gasteiger charge is -2.16. The first-order valence-electron chi connectivity index (χ1n) is 6.06. The van der Waals surface area contributed by atoms with Crippen molar-refractivity contribution in [2.45, 2.75) is 24.3 Å². The van der Waals surface area contributed by atoms with Crippen LogP contribution in [0.2, 0.25) is 0 Å². The minimum atomic E-state index is -3.53. The fourth-order valence-corrected chi connectivity index (χ4v) is 4.46. The normalized spacial score (nSPS) is 20.9. The van der Waals surface area contributed by atoms with Crippen LogP contribution in [-0.2, 0) is 10.0 Å². The van der Waals surface area contributed by atoms with Crippen molar-refractivity contribution in [2.24, 2.45) is 0 Å². The van der Waals surface area contributed by atoms with Crippen molar-refractivity contribution < 1.29 is 8.42 Å². The molecule has 106 valence electrons. The van der Waals surface area contributed by atoms with Gasteiger partial charge >= 0.3 is 0 Å². The van der Waals surface area contributed by atoms with Crippen LogP contribution >= 0.6 is 15.9 Å². The number of nitrogens with zero attached hydrogens (tertiary/aromatic N) is 1. The van der Waals surface area contributed by atoms with Gasteiger partial charge in [0.15, 0.2) is 0 Å². The summed E-state index contributed by atoms with van der Waals surface area (Å²) in [6, 6.07) is 3.26. The van der Waals surface area contributed by atoms with Gasteiger partial charge in [-0.25, -0.2) is 13.1 Å². The number of likely N-dealkylation sites (tertiary alicyclic amines) is 1. The number of likely N-dealkylation sites (N-methyl/N-ethyl adjacent to an activating group) is 1. The number of hydrogen-bond donors (Lipinski definition) is 2. The maximum Gasteiger partial charge on any atom is 0.241 e. The first-order valence-corrected chi connectivity index (χ1v) is 8.33. The third-order valence-electron chi connectivity index (χ3n) is 3.37. The van der Waals surface area contributed by atoms with Gasteiger partial charge in [0.1, 0.15) is 0 Å². The average Bonchev–Trinajstić information content (AvgIpc) is 2.68.